The Bertz CT molecular complexity index is 445. The molecule has 0 bridgehead atoms. The normalized spacial score (nSPS) is 16.0. The van der Waals surface area contributed by atoms with Gasteiger partial charge in [-0.2, -0.15) is 0 Å². The van der Waals surface area contributed by atoms with Crippen molar-refractivity contribution in [3.8, 4) is 5.75 Å². The fourth-order valence-electron chi connectivity index (χ4n) is 1.42. The molecule has 72 valence electrons. The zero-order chi connectivity index (χ0) is 9.38. The second kappa shape index (κ2) is 3.01. The summed E-state index contributed by atoms with van der Waals surface area (Å²) < 4.78 is 10.8. The van der Waals surface area contributed by atoms with E-state index in [1.165, 1.54) is 19.2 Å². The van der Waals surface area contributed by atoms with Gasteiger partial charge >= 0.3 is 0 Å². The lowest BCUT2D eigenvalue weighted by atomic mass is 10.3. The van der Waals surface area contributed by atoms with Crippen LogP contribution in [0.4, 0.5) is 0 Å². The van der Waals surface area contributed by atoms with Crippen LogP contribution in [0.5, 0.6) is 5.75 Å². The van der Waals surface area contributed by atoms with E-state index in [-0.39, 0.29) is 0 Å². The van der Waals surface area contributed by atoms with Gasteiger partial charge in [-0.15, -0.1) is 0 Å². The lowest BCUT2D eigenvalue weighted by Crippen LogP contribution is -1.98. The predicted molar refractivity (Wildman–Crippen MR) is 52.2 cm³/mol. The Hall–Kier alpha value is -1.51. The molecule has 1 fully saturated rings. The van der Waals surface area contributed by atoms with Crippen molar-refractivity contribution in [3.63, 3.8) is 0 Å². The number of hydrogen-bond donors (Lipinski definition) is 0. The van der Waals surface area contributed by atoms with Crippen molar-refractivity contribution in [3.05, 3.63) is 24.6 Å². The summed E-state index contributed by atoms with van der Waals surface area (Å²) in [7, 11) is 0. The molecule has 3 rings (SSSR count). The van der Waals surface area contributed by atoms with Crippen LogP contribution in [0.25, 0.3) is 11.1 Å². The minimum atomic E-state index is 0.778. The highest BCUT2D eigenvalue weighted by Crippen LogP contribution is 2.30. The first-order valence-corrected chi connectivity index (χ1v) is 4.88. The zero-order valence-electron chi connectivity index (χ0n) is 7.77. The highest BCUT2D eigenvalue weighted by molar-refractivity contribution is 5.73. The van der Waals surface area contributed by atoms with Crippen LogP contribution in [0.2, 0.25) is 0 Å². The van der Waals surface area contributed by atoms with Crippen LogP contribution in [0.15, 0.2) is 29.0 Å². The minimum absolute atomic E-state index is 0.778. The van der Waals surface area contributed by atoms with Gasteiger partial charge in [0.05, 0.1) is 6.61 Å². The SMILES string of the molecule is c1nc2ccc(OCC3CC3)cc2o1. The van der Waals surface area contributed by atoms with Gasteiger partial charge in [-0.3, -0.25) is 0 Å². The average molecular weight is 189 g/mol. The van der Waals surface area contributed by atoms with Crippen LogP contribution in [-0.4, -0.2) is 11.6 Å². The summed E-state index contributed by atoms with van der Waals surface area (Å²) in [5.74, 6) is 1.65. The summed E-state index contributed by atoms with van der Waals surface area (Å²) in [5.41, 5.74) is 1.67. The van der Waals surface area contributed by atoms with Crippen molar-refractivity contribution in [2.24, 2.45) is 5.92 Å². The maximum atomic E-state index is 5.62. The van der Waals surface area contributed by atoms with E-state index in [2.05, 4.69) is 4.98 Å². The van der Waals surface area contributed by atoms with Gasteiger partial charge in [0.15, 0.2) is 12.0 Å². The molecule has 1 heterocycles. The van der Waals surface area contributed by atoms with Crippen molar-refractivity contribution >= 4 is 11.1 Å². The van der Waals surface area contributed by atoms with Crippen LogP contribution >= 0.6 is 0 Å². The van der Waals surface area contributed by atoms with Crippen molar-refractivity contribution in [1.82, 2.24) is 4.98 Å². The standard InChI is InChI=1S/C11H11NO2/c1-2-8(1)6-13-9-3-4-10-11(5-9)14-7-12-10/h3-5,7-8H,1-2,6H2. The first-order chi connectivity index (χ1) is 6.92. The van der Waals surface area contributed by atoms with E-state index in [1.807, 2.05) is 18.2 Å². The van der Waals surface area contributed by atoms with E-state index in [0.29, 0.717) is 0 Å². The Morgan fingerprint density at radius 2 is 2.36 bits per heavy atom. The fraction of sp³-hybridized carbons (Fsp3) is 0.364. The first-order valence-electron chi connectivity index (χ1n) is 4.88. The molecule has 0 amide bonds. The third kappa shape index (κ3) is 1.45. The van der Waals surface area contributed by atoms with Gasteiger partial charge in [0.2, 0.25) is 0 Å². The number of ether oxygens (including phenoxy) is 1. The van der Waals surface area contributed by atoms with Crippen molar-refractivity contribution in [2.45, 2.75) is 12.8 Å². The van der Waals surface area contributed by atoms with E-state index in [4.69, 9.17) is 9.15 Å². The van der Waals surface area contributed by atoms with Crippen molar-refractivity contribution in [2.75, 3.05) is 6.61 Å². The molecule has 0 unspecified atom stereocenters. The Kier molecular flexibility index (Phi) is 1.69. The minimum Gasteiger partial charge on any atom is -0.493 e. The molecule has 14 heavy (non-hydrogen) atoms. The first kappa shape index (κ1) is 7.85. The van der Waals surface area contributed by atoms with Crippen LogP contribution in [0, 0.1) is 5.92 Å². The predicted octanol–water partition coefficient (Wildman–Crippen LogP) is 2.62. The number of rotatable bonds is 3. The Balaban J connectivity index is 1.81. The van der Waals surface area contributed by atoms with Gasteiger partial charge in [-0.05, 0) is 30.9 Å². The van der Waals surface area contributed by atoms with E-state index in [0.717, 1.165) is 29.4 Å². The molecule has 0 spiro atoms. The lowest BCUT2D eigenvalue weighted by molar-refractivity contribution is 0.300. The third-order valence-corrected chi connectivity index (χ3v) is 2.49. The maximum Gasteiger partial charge on any atom is 0.181 e. The highest BCUT2D eigenvalue weighted by Gasteiger charge is 2.21. The van der Waals surface area contributed by atoms with Gasteiger partial charge in [0.1, 0.15) is 11.3 Å². The van der Waals surface area contributed by atoms with E-state index >= 15 is 0 Å². The molecule has 1 aromatic carbocycles. The highest BCUT2D eigenvalue weighted by atomic mass is 16.5. The molecule has 1 aliphatic carbocycles. The maximum absolute atomic E-state index is 5.62. The quantitative estimate of drug-likeness (QED) is 0.744. The van der Waals surface area contributed by atoms with Crippen LogP contribution in [-0.2, 0) is 0 Å². The zero-order valence-corrected chi connectivity index (χ0v) is 7.77. The molecule has 1 aromatic heterocycles. The molecule has 0 N–H and O–H groups in total. The Labute approximate surface area is 81.7 Å². The van der Waals surface area contributed by atoms with Gasteiger partial charge in [0.25, 0.3) is 0 Å². The van der Waals surface area contributed by atoms with Gasteiger partial charge < -0.3 is 9.15 Å². The summed E-state index contributed by atoms with van der Waals surface area (Å²) >= 11 is 0. The summed E-state index contributed by atoms with van der Waals surface area (Å²) in [4.78, 5) is 4.05. The van der Waals surface area contributed by atoms with Gasteiger partial charge in [-0.25, -0.2) is 4.98 Å². The second-order valence-electron chi connectivity index (χ2n) is 3.74. The number of nitrogens with zero attached hydrogens (tertiary/aromatic N) is 1. The topological polar surface area (TPSA) is 35.3 Å². The van der Waals surface area contributed by atoms with Crippen LogP contribution in [0.1, 0.15) is 12.8 Å². The van der Waals surface area contributed by atoms with Gasteiger partial charge in [0, 0.05) is 6.07 Å². The molecular formula is C11H11NO2. The number of aromatic nitrogens is 1. The molecule has 0 atom stereocenters. The second-order valence-corrected chi connectivity index (χ2v) is 3.74. The van der Waals surface area contributed by atoms with Crippen molar-refractivity contribution < 1.29 is 9.15 Å². The molecule has 0 radical (unpaired) electrons. The van der Waals surface area contributed by atoms with E-state index < -0.39 is 0 Å². The Morgan fingerprint density at radius 1 is 1.43 bits per heavy atom. The van der Waals surface area contributed by atoms with Crippen molar-refractivity contribution in [1.29, 1.82) is 0 Å². The molecule has 1 aliphatic rings. The van der Waals surface area contributed by atoms with E-state index in [9.17, 15) is 0 Å². The van der Waals surface area contributed by atoms with E-state index in [1.54, 1.807) is 0 Å². The molecular weight excluding hydrogens is 178 g/mol. The van der Waals surface area contributed by atoms with Gasteiger partial charge in [-0.1, -0.05) is 0 Å². The molecule has 2 aromatic rings. The molecule has 0 aliphatic heterocycles. The number of hydrogen-bond acceptors (Lipinski definition) is 3. The molecule has 1 saturated carbocycles. The van der Waals surface area contributed by atoms with Crippen LogP contribution < -0.4 is 4.74 Å². The largest absolute Gasteiger partial charge is 0.493 e. The molecule has 0 saturated heterocycles. The summed E-state index contributed by atoms with van der Waals surface area (Å²) in [6, 6.07) is 5.75. The number of fused-ring (bicyclic) bond motifs is 1. The molecule has 3 heteroatoms. The average Bonchev–Trinajstić information content (AvgIpc) is 2.92. The third-order valence-electron chi connectivity index (χ3n) is 2.49. The number of oxazole rings is 1. The smallest absolute Gasteiger partial charge is 0.181 e. The fourth-order valence-corrected chi connectivity index (χ4v) is 1.42. The lowest BCUT2D eigenvalue weighted by Gasteiger charge is -2.03. The number of benzene rings is 1. The monoisotopic (exact) mass is 189 g/mol. The summed E-state index contributed by atoms with van der Waals surface area (Å²) in [6.45, 7) is 0.833. The molecule has 3 nitrogen and oxygen atoms in total. The van der Waals surface area contributed by atoms with Crippen LogP contribution in [0.3, 0.4) is 0 Å². The Morgan fingerprint density at radius 3 is 3.21 bits per heavy atom. The summed E-state index contributed by atoms with van der Waals surface area (Å²) in [6.07, 6.45) is 4.07. The summed E-state index contributed by atoms with van der Waals surface area (Å²) in [5, 5.41) is 0.